The first-order valence-electron chi connectivity index (χ1n) is 7.84. The predicted molar refractivity (Wildman–Crippen MR) is 93.4 cm³/mol. The molecule has 1 atom stereocenters. The van der Waals surface area contributed by atoms with Crippen molar-refractivity contribution in [2.75, 3.05) is 16.8 Å². The molecule has 2 aromatic rings. The number of nitrogens with one attached hydrogen (secondary N) is 1. The van der Waals surface area contributed by atoms with Crippen LogP contribution in [-0.2, 0) is 11.2 Å². The molecule has 0 bridgehead atoms. The van der Waals surface area contributed by atoms with Crippen LogP contribution in [0.2, 0.25) is 0 Å². The Balaban J connectivity index is 1.74. The highest BCUT2D eigenvalue weighted by Crippen LogP contribution is 2.34. The topological polar surface area (TPSA) is 75.5 Å². The molecule has 1 amide bonds. The zero-order valence-corrected chi connectivity index (χ0v) is 13.7. The Labute approximate surface area is 140 Å². The van der Waals surface area contributed by atoms with Crippen LogP contribution in [0.15, 0.2) is 42.5 Å². The lowest BCUT2D eigenvalue weighted by Crippen LogP contribution is -2.37. The first-order chi connectivity index (χ1) is 11.4. The number of nitro benzene ring substituents is 1. The van der Waals surface area contributed by atoms with Gasteiger partial charge in [-0.25, -0.2) is 0 Å². The molecule has 0 saturated carbocycles. The molecule has 124 valence electrons. The summed E-state index contributed by atoms with van der Waals surface area (Å²) in [6.07, 6.45) is 0.703. The van der Waals surface area contributed by atoms with E-state index in [1.54, 1.807) is 12.1 Å². The number of hydrogen-bond donors (Lipinski definition) is 1. The van der Waals surface area contributed by atoms with Crippen LogP contribution in [0, 0.1) is 17.0 Å². The van der Waals surface area contributed by atoms with Crippen molar-refractivity contribution in [1.82, 2.24) is 0 Å². The smallest absolute Gasteiger partial charge is 0.269 e. The number of nitrogens with zero attached hydrogens (tertiary/aromatic N) is 2. The number of carbonyl (C=O) groups is 1. The van der Waals surface area contributed by atoms with Crippen LogP contribution in [0.5, 0.6) is 0 Å². The lowest BCUT2D eigenvalue weighted by Gasteiger charge is -2.24. The second-order valence-electron chi connectivity index (χ2n) is 6.17. The van der Waals surface area contributed by atoms with Crippen molar-refractivity contribution in [2.24, 2.45) is 0 Å². The van der Waals surface area contributed by atoms with Gasteiger partial charge in [-0.3, -0.25) is 14.9 Å². The Morgan fingerprint density at radius 2 is 2.12 bits per heavy atom. The standard InChI is InChI=1S/C18H19N3O3/c1-12-4-3-5-15(8-12)19-18(22)11-20-13(2)9-14-10-16(21(23)24)6-7-17(14)20/h3-8,10,13H,9,11H2,1-2H3,(H,19,22)/t13-/m0/s1. The van der Waals surface area contributed by atoms with Gasteiger partial charge in [0.15, 0.2) is 0 Å². The Morgan fingerprint density at radius 1 is 1.33 bits per heavy atom. The van der Waals surface area contributed by atoms with Crippen LogP contribution in [0.1, 0.15) is 18.1 Å². The van der Waals surface area contributed by atoms with Crippen molar-refractivity contribution in [2.45, 2.75) is 26.3 Å². The van der Waals surface area contributed by atoms with E-state index in [-0.39, 0.29) is 24.2 Å². The molecule has 1 heterocycles. The van der Waals surface area contributed by atoms with E-state index in [1.165, 1.54) is 6.07 Å². The van der Waals surface area contributed by atoms with E-state index in [0.29, 0.717) is 6.42 Å². The molecule has 1 aliphatic heterocycles. The summed E-state index contributed by atoms with van der Waals surface area (Å²) in [6, 6.07) is 12.6. The lowest BCUT2D eigenvalue weighted by atomic mass is 10.1. The minimum atomic E-state index is -0.391. The van der Waals surface area contributed by atoms with Gasteiger partial charge < -0.3 is 10.2 Å². The maximum Gasteiger partial charge on any atom is 0.269 e. The lowest BCUT2D eigenvalue weighted by molar-refractivity contribution is -0.384. The Morgan fingerprint density at radius 3 is 2.83 bits per heavy atom. The van der Waals surface area contributed by atoms with Crippen LogP contribution in [0.25, 0.3) is 0 Å². The molecule has 0 fully saturated rings. The molecule has 3 rings (SSSR count). The average Bonchev–Trinajstić information content (AvgIpc) is 2.82. The first-order valence-corrected chi connectivity index (χ1v) is 7.84. The molecule has 6 heteroatoms. The molecular formula is C18H19N3O3. The molecule has 6 nitrogen and oxygen atoms in total. The second-order valence-corrected chi connectivity index (χ2v) is 6.17. The van der Waals surface area contributed by atoms with Crippen LogP contribution < -0.4 is 10.2 Å². The maximum absolute atomic E-state index is 12.3. The average molecular weight is 325 g/mol. The molecule has 0 saturated heterocycles. The van der Waals surface area contributed by atoms with Gasteiger partial charge in [-0.05, 0) is 49.6 Å². The third-order valence-electron chi connectivity index (χ3n) is 4.25. The van der Waals surface area contributed by atoms with Gasteiger partial charge in [0.05, 0.1) is 11.5 Å². The largest absolute Gasteiger partial charge is 0.359 e. The summed E-state index contributed by atoms with van der Waals surface area (Å²) in [4.78, 5) is 24.8. The predicted octanol–water partition coefficient (Wildman–Crippen LogP) is 3.29. The number of benzene rings is 2. The molecule has 0 spiro atoms. The minimum absolute atomic E-state index is 0.0898. The fourth-order valence-electron chi connectivity index (χ4n) is 3.11. The second kappa shape index (κ2) is 6.31. The van der Waals surface area contributed by atoms with E-state index in [9.17, 15) is 14.9 Å². The summed E-state index contributed by atoms with van der Waals surface area (Å²) in [7, 11) is 0. The van der Waals surface area contributed by atoms with Crippen LogP contribution in [0.3, 0.4) is 0 Å². The SMILES string of the molecule is Cc1cccc(NC(=O)CN2c3ccc([N+](=O)[O-])cc3C[C@@H]2C)c1. The molecular weight excluding hydrogens is 306 g/mol. The Hall–Kier alpha value is -2.89. The highest BCUT2D eigenvalue weighted by atomic mass is 16.6. The Bertz CT molecular complexity index is 804. The van der Waals surface area contributed by atoms with Gasteiger partial charge in [-0.15, -0.1) is 0 Å². The van der Waals surface area contributed by atoms with Gasteiger partial charge in [0, 0.05) is 29.5 Å². The number of nitro groups is 1. The highest BCUT2D eigenvalue weighted by Gasteiger charge is 2.29. The van der Waals surface area contributed by atoms with Crippen molar-refractivity contribution < 1.29 is 9.72 Å². The van der Waals surface area contributed by atoms with Gasteiger partial charge in [-0.1, -0.05) is 12.1 Å². The van der Waals surface area contributed by atoms with E-state index in [0.717, 1.165) is 22.5 Å². The monoisotopic (exact) mass is 325 g/mol. The van der Waals surface area contributed by atoms with Crippen molar-refractivity contribution in [3.8, 4) is 0 Å². The summed E-state index contributed by atoms with van der Waals surface area (Å²) >= 11 is 0. The molecule has 0 aromatic heterocycles. The number of fused-ring (bicyclic) bond motifs is 1. The van der Waals surface area contributed by atoms with E-state index < -0.39 is 4.92 Å². The van der Waals surface area contributed by atoms with Crippen LogP contribution in [-0.4, -0.2) is 23.4 Å². The number of non-ortho nitro benzene ring substituents is 1. The maximum atomic E-state index is 12.3. The van der Waals surface area contributed by atoms with Crippen LogP contribution in [0.4, 0.5) is 17.1 Å². The summed E-state index contributed by atoms with van der Waals surface area (Å²) < 4.78 is 0. The highest BCUT2D eigenvalue weighted by molar-refractivity contribution is 5.94. The number of amides is 1. The fraction of sp³-hybridized carbons (Fsp3) is 0.278. The number of carbonyl (C=O) groups excluding carboxylic acids is 1. The summed E-state index contributed by atoms with van der Waals surface area (Å²) in [6.45, 7) is 4.22. The molecule has 0 radical (unpaired) electrons. The quantitative estimate of drug-likeness (QED) is 0.691. The van der Waals surface area contributed by atoms with E-state index in [1.807, 2.05) is 43.0 Å². The third-order valence-corrected chi connectivity index (χ3v) is 4.25. The van der Waals surface area contributed by atoms with Crippen molar-refractivity contribution in [3.05, 3.63) is 63.7 Å². The molecule has 0 unspecified atom stereocenters. The normalized spacial score (nSPS) is 15.9. The first kappa shape index (κ1) is 16.0. The number of anilines is 2. The van der Waals surface area contributed by atoms with Gasteiger partial charge >= 0.3 is 0 Å². The van der Waals surface area contributed by atoms with Crippen LogP contribution >= 0.6 is 0 Å². The fourth-order valence-corrected chi connectivity index (χ4v) is 3.11. The van der Waals surface area contributed by atoms with Crippen molar-refractivity contribution in [1.29, 1.82) is 0 Å². The van der Waals surface area contributed by atoms with E-state index in [2.05, 4.69) is 5.32 Å². The molecule has 1 aliphatic rings. The Kier molecular flexibility index (Phi) is 4.20. The van der Waals surface area contributed by atoms with E-state index >= 15 is 0 Å². The van der Waals surface area contributed by atoms with Gasteiger partial charge in [0.25, 0.3) is 5.69 Å². The van der Waals surface area contributed by atoms with Gasteiger partial charge in [-0.2, -0.15) is 0 Å². The minimum Gasteiger partial charge on any atom is -0.359 e. The molecule has 1 N–H and O–H groups in total. The molecule has 24 heavy (non-hydrogen) atoms. The number of hydrogen-bond acceptors (Lipinski definition) is 4. The number of rotatable bonds is 4. The van der Waals surface area contributed by atoms with E-state index in [4.69, 9.17) is 0 Å². The zero-order valence-electron chi connectivity index (χ0n) is 13.7. The summed E-state index contributed by atoms with van der Waals surface area (Å²) in [5, 5.41) is 13.8. The zero-order chi connectivity index (χ0) is 17.3. The van der Waals surface area contributed by atoms with Gasteiger partial charge in [0.2, 0.25) is 5.91 Å². The third kappa shape index (κ3) is 3.22. The summed E-state index contributed by atoms with van der Waals surface area (Å²) in [5.41, 5.74) is 3.76. The van der Waals surface area contributed by atoms with Crippen molar-refractivity contribution >= 4 is 23.0 Å². The molecule has 2 aromatic carbocycles. The molecule has 0 aliphatic carbocycles. The van der Waals surface area contributed by atoms with Gasteiger partial charge in [0.1, 0.15) is 0 Å². The number of aryl methyl sites for hydroxylation is 1. The van der Waals surface area contributed by atoms with Crippen molar-refractivity contribution in [3.63, 3.8) is 0 Å². The summed E-state index contributed by atoms with van der Waals surface area (Å²) in [5.74, 6) is -0.0985.